The molecule has 2 atom stereocenters. The summed E-state index contributed by atoms with van der Waals surface area (Å²) in [5.74, 6) is 1.03. The topological polar surface area (TPSA) is 61.9 Å². The van der Waals surface area contributed by atoms with Crippen molar-refractivity contribution < 1.29 is 4.79 Å². The fraction of sp³-hybridized carbons (Fsp3) is 0.579. The zero-order valence-corrected chi connectivity index (χ0v) is 14.5. The lowest BCUT2D eigenvalue weighted by Gasteiger charge is -2.25. The molecular formula is C19H28N4O. The van der Waals surface area contributed by atoms with Crippen LogP contribution in [0.25, 0.3) is 0 Å². The van der Waals surface area contributed by atoms with E-state index in [1.54, 1.807) is 0 Å². The summed E-state index contributed by atoms with van der Waals surface area (Å²) in [6, 6.07) is 10.3. The fourth-order valence-corrected chi connectivity index (χ4v) is 3.87. The van der Waals surface area contributed by atoms with Crippen molar-refractivity contribution in [2.24, 2.45) is 16.6 Å². The molecule has 2 aliphatic heterocycles. The monoisotopic (exact) mass is 328 g/mol. The van der Waals surface area contributed by atoms with Crippen molar-refractivity contribution in [1.29, 1.82) is 0 Å². The van der Waals surface area contributed by atoms with E-state index in [1.807, 2.05) is 30.1 Å². The van der Waals surface area contributed by atoms with Crippen molar-refractivity contribution in [3.8, 4) is 0 Å². The first kappa shape index (κ1) is 16.8. The maximum Gasteiger partial charge on any atom is 0.223 e. The van der Waals surface area contributed by atoms with Crippen LogP contribution in [-0.4, -0.2) is 48.3 Å². The second-order valence-corrected chi connectivity index (χ2v) is 6.92. The Balaban J connectivity index is 1.70. The summed E-state index contributed by atoms with van der Waals surface area (Å²) in [4.78, 5) is 20.9. The molecule has 24 heavy (non-hydrogen) atoms. The number of carbonyl (C=O) groups excluding carboxylic acids is 1. The Morgan fingerprint density at radius 2 is 1.83 bits per heavy atom. The number of carbonyl (C=O) groups is 1. The molecule has 0 bridgehead atoms. The molecule has 5 nitrogen and oxygen atoms in total. The Morgan fingerprint density at radius 1 is 1.17 bits per heavy atom. The number of aliphatic imine (C=N–C) groups is 1. The molecule has 2 heterocycles. The second kappa shape index (κ2) is 7.69. The van der Waals surface area contributed by atoms with E-state index in [2.05, 4.69) is 22.0 Å². The van der Waals surface area contributed by atoms with E-state index in [0.717, 1.165) is 13.1 Å². The van der Waals surface area contributed by atoms with E-state index in [4.69, 9.17) is 5.73 Å². The molecule has 0 saturated carbocycles. The highest BCUT2D eigenvalue weighted by molar-refractivity contribution is 5.80. The minimum absolute atomic E-state index is 0.0967. The number of guanidine groups is 1. The third-order valence-corrected chi connectivity index (χ3v) is 5.25. The van der Waals surface area contributed by atoms with Gasteiger partial charge in [-0.1, -0.05) is 43.2 Å². The van der Waals surface area contributed by atoms with Gasteiger partial charge in [-0.3, -0.25) is 9.79 Å². The Kier molecular flexibility index (Phi) is 5.38. The molecule has 1 amide bonds. The summed E-state index contributed by atoms with van der Waals surface area (Å²) in [5, 5.41) is 0. The highest BCUT2D eigenvalue weighted by atomic mass is 16.2. The van der Waals surface area contributed by atoms with Crippen molar-refractivity contribution in [3.63, 3.8) is 0 Å². The summed E-state index contributed by atoms with van der Waals surface area (Å²) in [6.45, 7) is 2.61. The summed E-state index contributed by atoms with van der Waals surface area (Å²) >= 11 is 0. The van der Waals surface area contributed by atoms with Gasteiger partial charge < -0.3 is 15.5 Å². The Morgan fingerprint density at radius 3 is 2.50 bits per heavy atom. The van der Waals surface area contributed by atoms with Crippen molar-refractivity contribution in [3.05, 3.63) is 35.9 Å². The number of rotatable bonds is 3. The molecule has 2 saturated heterocycles. The van der Waals surface area contributed by atoms with Crippen LogP contribution in [0, 0.1) is 5.92 Å². The third-order valence-electron chi connectivity index (χ3n) is 5.25. The third kappa shape index (κ3) is 3.71. The van der Waals surface area contributed by atoms with Gasteiger partial charge in [0.25, 0.3) is 0 Å². The van der Waals surface area contributed by atoms with Gasteiger partial charge in [-0.15, -0.1) is 0 Å². The second-order valence-electron chi connectivity index (χ2n) is 6.92. The normalized spacial score (nSPS) is 25.9. The number of hydrogen-bond acceptors (Lipinski definition) is 2. The lowest BCUT2D eigenvalue weighted by Crippen LogP contribution is -2.38. The van der Waals surface area contributed by atoms with Crippen LogP contribution in [-0.2, 0) is 4.79 Å². The maximum absolute atomic E-state index is 12.2. The number of hydrogen-bond donors (Lipinski definition) is 1. The van der Waals surface area contributed by atoms with E-state index in [9.17, 15) is 4.79 Å². The van der Waals surface area contributed by atoms with Gasteiger partial charge in [0.05, 0.1) is 6.04 Å². The van der Waals surface area contributed by atoms with Crippen molar-refractivity contribution in [2.45, 2.75) is 38.1 Å². The van der Waals surface area contributed by atoms with Gasteiger partial charge in [-0.25, -0.2) is 0 Å². The summed E-state index contributed by atoms with van der Waals surface area (Å²) in [6.07, 6.45) is 5.48. The average Bonchev–Trinajstić information content (AvgIpc) is 2.79. The van der Waals surface area contributed by atoms with Crippen LogP contribution in [0.15, 0.2) is 35.3 Å². The van der Waals surface area contributed by atoms with E-state index >= 15 is 0 Å². The highest BCUT2D eigenvalue weighted by Crippen LogP contribution is 2.36. The van der Waals surface area contributed by atoms with Crippen molar-refractivity contribution in [1.82, 2.24) is 9.80 Å². The molecule has 3 rings (SSSR count). The Hall–Kier alpha value is -2.04. The molecule has 0 radical (unpaired) electrons. The molecule has 1 aromatic carbocycles. The zero-order chi connectivity index (χ0) is 16.9. The van der Waals surface area contributed by atoms with E-state index in [0.29, 0.717) is 18.9 Å². The van der Waals surface area contributed by atoms with Gasteiger partial charge in [0.1, 0.15) is 0 Å². The fourth-order valence-electron chi connectivity index (χ4n) is 3.87. The predicted molar refractivity (Wildman–Crippen MR) is 96.6 cm³/mol. The van der Waals surface area contributed by atoms with Crippen LogP contribution < -0.4 is 5.73 Å². The molecular weight excluding hydrogens is 300 g/mol. The number of likely N-dealkylation sites (tertiary alicyclic amines) is 2. The SMILES string of the molecule is CN1C(=O)CC(CN=C(N)N2CCCCCC2)C1c1ccccc1. The van der Waals surface area contributed by atoms with E-state index < -0.39 is 0 Å². The molecule has 1 aromatic rings. The van der Waals surface area contributed by atoms with Crippen LogP contribution in [0.3, 0.4) is 0 Å². The quantitative estimate of drug-likeness (QED) is 0.684. The lowest BCUT2D eigenvalue weighted by atomic mass is 9.94. The summed E-state index contributed by atoms with van der Waals surface area (Å²) < 4.78 is 0. The van der Waals surface area contributed by atoms with Gasteiger partial charge in [0.15, 0.2) is 5.96 Å². The Labute approximate surface area is 144 Å². The van der Waals surface area contributed by atoms with Crippen molar-refractivity contribution in [2.75, 3.05) is 26.7 Å². The molecule has 2 unspecified atom stereocenters. The first-order chi connectivity index (χ1) is 11.7. The van der Waals surface area contributed by atoms with Gasteiger partial charge in [0.2, 0.25) is 5.91 Å². The smallest absolute Gasteiger partial charge is 0.223 e. The number of amides is 1. The molecule has 0 aliphatic carbocycles. The highest BCUT2D eigenvalue weighted by Gasteiger charge is 2.38. The number of nitrogens with two attached hydrogens (primary N) is 1. The van der Waals surface area contributed by atoms with E-state index in [-0.39, 0.29) is 17.9 Å². The van der Waals surface area contributed by atoms with Crippen LogP contribution in [0.1, 0.15) is 43.7 Å². The van der Waals surface area contributed by atoms with Crippen LogP contribution in [0.5, 0.6) is 0 Å². The first-order valence-corrected chi connectivity index (χ1v) is 9.02. The molecule has 0 aromatic heterocycles. The molecule has 2 fully saturated rings. The molecule has 2 N–H and O–H groups in total. The minimum atomic E-state index is 0.0967. The van der Waals surface area contributed by atoms with Gasteiger partial charge in [-0.2, -0.15) is 0 Å². The summed E-state index contributed by atoms with van der Waals surface area (Å²) in [7, 11) is 1.89. The van der Waals surface area contributed by atoms with Gasteiger partial charge >= 0.3 is 0 Å². The first-order valence-electron chi connectivity index (χ1n) is 9.02. The molecule has 5 heteroatoms. The number of benzene rings is 1. The van der Waals surface area contributed by atoms with Crippen LogP contribution >= 0.6 is 0 Å². The predicted octanol–water partition coefficient (Wildman–Crippen LogP) is 2.40. The van der Waals surface area contributed by atoms with Crippen LogP contribution in [0.2, 0.25) is 0 Å². The molecule has 2 aliphatic rings. The van der Waals surface area contributed by atoms with Crippen LogP contribution in [0.4, 0.5) is 0 Å². The average molecular weight is 328 g/mol. The standard InChI is InChI=1S/C19H28N4O/c1-22-17(24)13-16(18(22)15-9-5-4-6-10-15)14-21-19(20)23-11-7-2-3-8-12-23/h4-6,9-10,16,18H,2-3,7-8,11-14H2,1H3,(H2,20,21). The zero-order valence-electron chi connectivity index (χ0n) is 14.5. The van der Waals surface area contributed by atoms with E-state index in [1.165, 1.54) is 31.2 Å². The summed E-state index contributed by atoms with van der Waals surface area (Å²) in [5.41, 5.74) is 7.41. The number of nitrogens with zero attached hydrogens (tertiary/aromatic N) is 3. The van der Waals surface area contributed by atoms with Crippen molar-refractivity contribution >= 4 is 11.9 Å². The lowest BCUT2D eigenvalue weighted by molar-refractivity contribution is -0.127. The minimum Gasteiger partial charge on any atom is -0.370 e. The molecule has 0 spiro atoms. The van der Waals surface area contributed by atoms with Gasteiger partial charge in [-0.05, 0) is 18.4 Å². The Bertz CT molecular complexity index is 578. The maximum atomic E-state index is 12.2. The molecule has 130 valence electrons. The van der Waals surface area contributed by atoms with Gasteiger partial charge in [0, 0.05) is 39.0 Å². The largest absolute Gasteiger partial charge is 0.370 e.